The number of carbonyl (C=O) groups excluding carboxylic acids is 1. The zero-order chi connectivity index (χ0) is 8.10. The van der Waals surface area contributed by atoms with E-state index in [-0.39, 0.29) is 5.78 Å². The van der Waals surface area contributed by atoms with Crippen LogP contribution in [0.2, 0.25) is 0 Å². The summed E-state index contributed by atoms with van der Waals surface area (Å²) in [6, 6.07) is 9.32. The second kappa shape index (κ2) is 4.38. The maximum Gasteiger partial charge on any atom is 0.171 e. The van der Waals surface area contributed by atoms with Crippen LogP contribution < -0.4 is 0 Å². The van der Waals surface area contributed by atoms with E-state index in [1.807, 2.05) is 30.3 Å². The van der Waals surface area contributed by atoms with E-state index in [1.165, 1.54) is 0 Å². The summed E-state index contributed by atoms with van der Waals surface area (Å²) in [5, 5.41) is 0. The van der Waals surface area contributed by atoms with Gasteiger partial charge in [-0.15, -0.1) is 0 Å². The van der Waals surface area contributed by atoms with Crippen molar-refractivity contribution >= 4 is 22.2 Å². The third kappa shape index (κ3) is 2.54. The highest BCUT2D eigenvalue weighted by atomic mass is 31.7. The molecule has 0 spiro atoms. The molecule has 1 aromatic carbocycles. The Morgan fingerprint density at radius 3 is 2.55 bits per heavy atom. The van der Waals surface area contributed by atoms with Crippen molar-refractivity contribution in [3.63, 3.8) is 0 Å². The van der Waals surface area contributed by atoms with Gasteiger partial charge < -0.3 is 0 Å². The smallest absolute Gasteiger partial charge is 0.171 e. The standard InChI is InChI=1S/C8H8OP2/c9-8(6-11-10)7-4-2-1-3-5-7/h1-5,10H,6H2. The first kappa shape index (κ1) is 8.59. The molecule has 0 unspecified atom stereocenters. The van der Waals surface area contributed by atoms with Crippen LogP contribution in [0.3, 0.4) is 0 Å². The van der Waals surface area contributed by atoms with E-state index in [0.717, 1.165) is 13.4 Å². The monoisotopic (exact) mass is 182 g/mol. The summed E-state index contributed by atoms with van der Waals surface area (Å²) >= 11 is 0. The Kier molecular flexibility index (Phi) is 3.42. The molecule has 0 atom stereocenters. The predicted molar refractivity (Wildman–Crippen MR) is 50.9 cm³/mol. The average molecular weight is 182 g/mol. The van der Waals surface area contributed by atoms with Gasteiger partial charge in [-0.1, -0.05) is 46.7 Å². The molecular weight excluding hydrogens is 174 g/mol. The van der Waals surface area contributed by atoms with Crippen molar-refractivity contribution in [3.05, 3.63) is 35.9 Å². The van der Waals surface area contributed by atoms with E-state index in [9.17, 15) is 4.79 Å². The largest absolute Gasteiger partial charge is 0.293 e. The lowest BCUT2D eigenvalue weighted by molar-refractivity contribution is 0.102. The first-order valence-corrected chi connectivity index (χ1v) is 5.68. The summed E-state index contributed by atoms with van der Waals surface area (Å²) < 4.78 is 0. The van der Waals surface area contributed by atoms with Crippen LogP contribution in [-0.2, 0) is 0 Å². The van der Waals surface area contributed by atoms with Gasteiger partial charge in [-0.25, -0.2) is 0 Å². The summed E-state index contributed by atoms with van der Waals surface area (Å²) in [6.07, 6.45) is 0.543. The molecule has 1 rings (SSSR count). The Hall–Kier alpha value is -0.510. The van der Waals surface area contributed by atoms with Crippen molar-refractivity contribution in [1.29, 1.82) is 0 Å². The van der Waals surface area contributed by atoms with Gasteiger partial charge in [0.2, 0.25) is 0 Å². The zero-order valence-electron chi connectivity index (χ0n) is 5.95. The first-order valence-electron chi connectivity index (χ1n) is 3.26. The molecule has 0 aliphatic heterocycles. The van der Waals surface area contributed by atoms with Crippen molar-refractivity contribution in [1.82, 2.24) is 0 Å². The van der Waals surface area contributed by atoms with Crippen molar-refractivity contribution in [2.45, 2.75) is 0 Å². The summed E-state index contributed by atoms with van der Waals surface area (Å²) in [6.45, 7) is 0. The van der Waals surface area contributed by atoms with Crippen LogP contribution in [0.25, 0.3) is 0 Å². The van der Waals surface area contributed by atoms with Gasteiger partial charge in [0, 0.05) is 5.56 Å². The van der Waals surface area contributed by atoms with E-state index in [4.69, 9.17) is 0 Å². The molecule has 0 radical (unpaired) electrons. The number of hydrogen-bond acceptors (Lipinski definition) is 1. The number of hydrogen-bond donors (Lipinski definition) is 0. The van der Waals surface area contributed by atoms with Crippen LogP contribution in [0.1, 0.15) is 10.4 Å². The van der Waals surface area contributed by atoms with Crippen molar-refractivity contribution in [3.8, 4) is 0 Å². The fraction of sp³-hybridized carbons (Fsp3) is 0.125. The van der Waals surface area contributed by atoms with Crippen LogP contribution in [0.15, 0.2) is 30.3 Å². The molecule has 0 aromatic heterocycles. The maximum atomic E-state index is 11.2. The zero-order valence-corrected chi connectivity index (χ0v) is 7.84. The molecule has 0 saturated heterocycles. The Morgan fingerprint density at radius 2 is 2.00 bits per heavy atom. The lowest BCUT2D eigenvalue weighted by Crippen LogP contribution is -1.98. The molecule has 11 heavy (non-hydrogen) atoms. The van der Waals surface area contributed by atoms with Crippen molar-refractivity contribution in [2.75, 3.05) is 6.16 Å². The third-order valence-electron chi connectivity index (χ3n) is 1.32. The molecule has 1 aromatic rings. The Morgan fingerprint density at radius 1 is 1.36 bits per heavy atom. The number of ketones is 1. The van der Waals surface area contributed by atoms with E-state index in [1.54, 1.807) is 0 Å². The second-order valence-electron chi connectivity index (χ2n) is 2.11. The molecule has 0 aliphatic rings. The molecule has 0 bridgehead atoms. The summed E-state index contributed by atoms with van der Waals surface area (Å²) in [5.41, 5.74) is 0.790. The topological polar surface area (TPSA) is 17.1 Å². The normalized spacial score (nSPS) is 9.82. The van der Waals surface area contributed by atoms with Crippen molar-refractivity contribution in [2.24, 2.45) is 0 Å². The number of benzene rings is 1. The highest BCUT2D eigenvalue weighted by Gasteiger charge is 2.00. The molecule has 3 heteroatoms. The van der Waals surface area contributed by atoms with Crippen LogP contribution >= 0.6 is 16.4 Å². The predicted octanol–water partition coefficient (Wildman–Crippen LogP) is 2.87. The average Bonchev–Trinajstić information content (AvgIpc) is 2.07. The molecule has 0 heterocycles. The van der Waals surface area contributed by atoms with E-state index in [0.29, 0.717) is 6.16 Å². The summed E-state index contributed by atoms with van der Waals surface area (Å²) in [4.78, 5) is 11.2. The van der Waals surface area contributed by atoms with Gasteiger partial charge in [0.25, 0.3) is 0 Å². The lowest BCUT2D eigenvalue weighted by atomic mass is 10.2. The van der Waals surface area contributed by atoms with Crippen LogP contribution in [0.4, 0.5) is 0 Å². The molecule has 0 saturated carbocycles. The molecule has 0 fully saturated rings. The fourth-order valence-corrected chi connectivity index (χ4v) is 1.54. The Bertz CT molecular complexity index is 256. The van der Waals surface area contributed by atoms with Gasteiger partial charge in [-0.3, -0.25) is 4.79 Å². The molecule has 0 N–H and O–H groups in total. The SMILES string of the molecule is O=C(CP=P)c1ccccc1. The summed E-state index contributed by atoms with van der Waals surface area (Å²) in [7, 11) is 4.18. The molecule has 1 nitrogen and oxygen atoms in total. The molecule has 0 aliphatic carbocycles. The van der Waals surface area contributed by atoms with Gasteiger partial charge in [-0.2, -0.15) is 0 Å². The molecular formula is C8H8OP2. The van der Waals surface area contributed by atoms with Crippen LogP contribution in [0, 0.1) is 0 Å². The minimum absolute atomic E-state index is 0.183. The minimum Gasteiger partial charge on any atom is -0.293 e. The van der Waals surface area contributed by atoms with E-state index in [2.05, 4.69) is 8.53 Å². The number of Topliss-reactive ketones (excluding diaryl/α,β-unsaturated/α-hetero) is 1. The lowest BCUT2D eigenvalue weighted by Gasteiger charge is -1.93. The Balaban J connectivity index is 2.77. The second-order valence-corrected chi connectivity index (χ2v) is 3.69. The Labute approximate surface area is 69.7 Å². The highest BCUT2D eigenvalue weighted by Crippen LogP contribution is 2.07. The van der Waals surface area contributed by atoms with Gasteiger partial charge in [0.05, 0.1) is 6.16 Å². The van der Waals surface area contributed by atoms with Gasteiger partial charge in [0.15, 0.2) is 5.78 Å². The molecule has 56 valence electrons. The van der Waals surface area contributed by atoms with Gasteiger partial charge in [0.1, 0.15) is 0 Å². The summed E-state index contributed by atoms with van der Waals surface area (Å²) in [5.74, 6) is 0.183. The van der Waals surface area contributed by atoms with Gasteiger partial charge in [-0.05, 0) is 0 Å². The third-order valence-corrected chi connectivity index (χ3v) is 2.24. The van der Waals surface area contributed by atoms with Crippen LogP contribution in [-0.4, -0.2) is 11.9 Å². The van der Waals surface area contributed by atoms with E-state index < -0.39 is 0 Å². The first-order chi connectivity index (χ1) is 5.34. The minimum atomic E-state index is 0.183. The van der Waals surface area contributed by atoms with Crippen LogP contribution in [0.5, 0.6) is 0 Å². The van der Waals surface area contributed by atoms with Gasteiger partial charge >= 0.3 is 0 Å². The van der Waals surface area contributed by atoms with Crippen molar-refractivity contribution < 1.29 is 4.79 Å². The van der Waals surface area contributed by atoms with E-state index >= 15 is 0 Å². The molecule has 0 amide bonds. The maximum absolute atomic E-state index is 11.2. The number of rotatable bonds is 3. The quantitative estimate of drug-likeness (QED) is 0.518. The highest BCUT2D eigenvalue weighted by molar-refractivity contribution is 7.75. The number of carbonyl (C=O) groups is 1. The fourth-order valence-electron chi connectivity index (χ4n) is 0.787.